The van der Waals surface area contributed by atoms with E-state index in [0.717, 1.165) is 68.4 Å². The van der Waals surface area contributed by atoms with Crippen LogP contribution in [0.25, 0.3) is 0 Å². The maximum Gasteiger partial charge on any atom is 0.262 e. The Balaban J connectivity index is 1.35. The van der Waals surface area contributed by atoms with Crippen molar-refractivity contribution in [2.75, 3.05) is 31.5 Å². The Labute approximate surface area is 246 Å². The zero-order chi connectivity index (χ0) is 28.3. The van der Waals surface area contributed by atoms with Gasteiger partial charge < -0.3 is 14.4 Å². The lowest BCUT2D eigenvalue weighted by Crippen LogP contribution is -2.32. The van der Waals surface area contributed by atoms with Crippen molar-refractivity contribution in [3.05, 3.63) is 74.9 Å². The average molecular weight is 605 g/mol. The molecule has 2 aliphatic rings. The van der Waals surface area contributed by atoms with Crippen molar-refractivity contribution >= 4 is 38.9 Å². The predicted octanol–water partition coefficient (Wildman–Crippen LogP) is 6.68. The van der Waals surface area contributed by atoms with E-state index in [0.29, 0.717) is 39.6 Å². The van der Waals surface area contributed by atoms with E-state index in [9.17, 15) is 8.42 Å². The number of likely N-dealkylation sites (tertiary alicyclic amines) is 1. The first-order valence-electron chi connectivity index (χ1n) is 13.7. The molecule has 0 spiro atoms. The highest BCUT2D eigenvalue weighted by molar-refractivity contribution is 7.92. The van der Waals surface area contributed by atoms with Crippen LogP contribution in [0.1, 0.15) is 48.1 Å². The molecule has 3 aromatic rings. The number of hydrogen-bond donors (Lipinski definition) is 1. The first-order chi connectivity index (χ1) is 19.2. The van der Waals surface area contributed by atoms with E-state index in [-0.39, 0.29) is 17.4 Å². The first-order valence-corrected chi connectivity index (χ1v) is 16.0. The average Bonchev–Trinajstić information content (AvgIpc) is 2.94. The lowest BCUT2D eigenvalue weighted by molar-refractivity contribution is 0.160. The van der Waals surface area contributed by atoms with Crippen LogP contribution in [0.5, 0.6) is 11.6 Å². The molecule has 0 amide bonds. The van der Waals surface area contributed by atoms with Crippen molar-refractivity contribution in [3.63, 3.8) is 0 Å². The summed E-state index contributed by atoms with van der Waals surface area (Å²) in [5, 5.41) is 0.938. The van der Waals surface area contributed by atoms with Crippen molar-refractivity contribution in [3.8, 4) is 11.6 Å². The number of hydrogen-bond acceptors (Lipinski definition) is 6. The van der Waals surface area contributed by atoms with Gasteiger partial charge in [-0.1, -0.05) is 35.3 Å². The van der Waals surface area contributed by atoms with E-state index >= 15 is 0 Å². The second-order valence-electron chi connectivity index (χ2n) is 10.7. The van der Waals surface area contributed by atoms with E-state index in [4.69, 9.17) is 37.7 Å². The molecule has 0 atom stereocenters. The number of anilines is 1. The van der Waals surface area contributed by atoms with Gasteiger partial charge in [0.25, 0.3) is 10.0 Å². The third-order valence-corrected chi connectivity index (χ3v) is 9.93. The van der Waals surface area contributed by atoms with Gasteiger partial charge in [0.2, 0.25) is 5.88 Å². The van der Waals surface area contributed by atoms with Crippen LogP contribution < -0.4 is 14.2 Å². The second kappa shape index (κ2) is 12.6. The number of nitrogens with zero attached hydrogens (tertiary/aromatic N) is 2. The molecule has 10 heteroatoms. The predicted molar refractivity (Wildman–Crippen MR) is 159 cm³/mol. The zero-order valence-electron chi connectivity index (χ0n) is 22.9. The summed E-state index contributed by atoms with van der Waals surface area (Å²) in [6.07, 6.45) is 5.98. The van der Waals surface area contributed by atoms with Crippen LogP contribution >= 0.6 is 23.2 Å². The molecule has 0 bridgehead atoms. The van der Waals surface area contributed by atoms with Gasteiger partial charge in [0.05, 0.1) is 16.5 Å². The molecule has 0 radical (unpaired) electrons. The molecule has 0 unspecified atom stereocenters. The topological polar surface area (TPSA) is 80.8 Å². The molecule has 1 aromatic heterocycles. The fourth-order valence-electron chi connectivity index (χ4n) is 5.21. The van der Waals surface area contributed by atoms with Crippen LogP contribution in [0.15, 0.2) is 47.4 Å². The number of halogens is 2. The summed E-state index contributed by atoms with van der Waals surface area (Å²) in [7, 11) is -1.78. The fourth-order valence-corrected chi connectivity index (χ4v) is 6.93. The van der Waals surface area contributed by atoms with E-state index in [2.05, 4.69) is 16.7 Å². The summed E-state index contributed by atoms with van der Waals surface area (Å²) in [4.78, 5) is 7.21. The Kier molecular flexibility index (Phi) is 9.10. The first kappa shape index (κ1) is 29.0. The molecule has 1 aliphatic carbocycles. The summed E-state index contributed by atoms with van der Waals surface area (Å²) < 4.78 is 41.8. The van der Waals surface area contributed by atoms with E-state index in [1.54, 1.807) is 25.1 Å². The van der Waals surface area contributed by atoms with Crippen LogP contribution in [0.2, 0.25) is 10.0 Å². The molecule has 7 nitrogen and oxygen atoms in total. The lowest BCUT2D eigenvalue weighted by Gasteiger charge is -2.28. The number of nitrogens with one attached hydrogen (secondary N) is 1. The molecule has 1 fully saturated rings. The molecule has 40 heavy (non-hydrogen) atoms. The van der Waals surface area contributed by atoms with Gasteiger partial charge in [-0.15, -0.1) is 0 Å². The van der Waals surface area contributed by atoms with Gasteiger partial charge >= 0.3 is 0 Å². The number of fused-ring (bicyclic) bond motifs is 1. The van der Waals surface area contributed by atoms with Crippen LogP contribution in [-0.4, -0.2) is 45.0 Å². The highest BCUT2D eigenvalue weighted by Crippen LogP contribution is 2.34. The van der Waals surface area contributed by atoms with Gasteiger partial charge in [0.1, 0.15) is 18.0 Å². The maximum atomic E-state index is 13.4. The zero-order valence-corrected chi connectivity index (χ0v) is 25.2. The fraction of sp³-hybridized carbons (Fsp3) is 0.433. The molecule has 2 heterocycles. The Morgan fingerprint density at radius 3 is 2.60 bits per heavy atom. The van der Waals surface area contributed by atoms with Crippen molar-refractivity contribution in [1.82, 2.24) is 9.88 Å². The molecule has 0 saturated carbocycles. The Bertz CT molecular complexity index is 1470. The number of benzene rings is 2. The molecule has 214 valence electrons. The third-order valence-electron chi connectivity index (χ3n) is 7.70. The summed E-state index contributed by atoms with van der Waals surface area (Å²) in [6.45, 7) is 4.64. The number of rotatable bonds is 9. The lowest BCUT2D eigenvalue weighted by atomic mass is 9.96. The van der Waals surface area contributed by atoms with Crippen molar-refractivity contribution in [2.24, 2.45) is 5.92 Å². The number of ether oxygens (including phenoxy) is 2. The summed E-state index contributed by atoms with van der Waals surface area (Å²) in [6, 6.07) is 12.2. The molecule has 1 aliphatic heterocycles. The van der Waals surface area contributed by atoms with Crippen LogP contribution in [-0.2, 0) is 29.5 Å². The summed E-state index contributed by atoms with van der Waals surface area (Å²) in [5.74, 6) is 1.37. The summed E-state index contributed by atoms with van der Waals surface area (Å²) in [5.41, 5.74) is 3.63. The largest absolute Gasteiger partial charge is 0.492 e. The third kappa shape index (κ3) is 6.85. The monoisotopic (exact) mass is 603 g/mol. The highest BCUT2D eigenvalue weighted by atomic mass is 35.5. The molecular formula is C30H35Cl2N3O4S. The van der Waals surface area contributed by atoms with Crippen LogP contribution in [0.3, 0.4) is 0 Å². The molecule has 5 rings (SSSR count). The minimum atomic E-state index is -3.93. The van der Waals surface area contributed by atoms with Gasteiger partial charge in [-0.2, -0.15) is 0 Å². The highest BCUT2D eigenvalue weighted by Gasteiger charge is 2.24. The van der Waals surface area contributed by atoms with Gasteiger partial charge in [0, 0.05) is 10.7 Å². The minimum absolute atomic E-state index is 0.118. The number of pyridine rings is 1. The van der Waals surface area contributed by atoms with Gasteiger partial charge in [-0.3, -0.25) is 4.72 Å². The number of piperidine rings is 1. The van der Waals surface area contributed by atoms with Gasteiger partial charge in [-0.25, -0.2) is 13.4 Å². The van der Waals surface area contributed by atoms with Gasteiger partial charge in [-0.05, 0) is 119 Å². The normalized spacial score (nSPS) is 16.4. The number of aryl methyl sites for hydroxylation is 2. The van der Waals surface area contributed by atoms with Crippen LogP contribution in [0.4, 0.5) is 5.69 Å². The number of sulfonamides is 1. The van der Waals surface area contributed by atoms with Crippen molar-refractivity contribution in [1.29, 1.82) is 0 Å². The minimum Gasteiger partial charge on any atom is -0.492 e. The maximum absolute atomic E-state index is 13.4. The van der Waals surface area contributed by atoms with E-state index in [1.165, 1.54) is 6.07 Å². The Morgan fingerprint density at radius 2 is 1.80 bits per heavy atom. The molecular weight excluding hydrogens is 569 g/mol. The molecule has 1 saturated heterocycles. The van der Waals surface area contributed by atoms with Crippen molar-refractivity contribution < 1.29 is 17.9 Å². The van der Waals surface area contributed by atoms with E-state index < -0.39 is 10.0 Å². The number of aromatic nitrogens is 1. The molecule has 2 aromatic carbocycles. The van der Waals surface area contributed by atoms with Crippen molar-refractivity contribution in [2.45, 2.75) is 57.0 Å². The quantitative estimate of drug-likeness (QED) is 0.294. The van der Waals surface area contributed by atoms with E-state index in [1.807, 2.05) is 18.2 Å². The smallest absolute Gasteiger partial charge is 0.262 e. The second-order valence-corrected chi connectivity index (χ2v) is 13.2. The standard InChI is InChI=1S/C30H35Cl2N3O4S/c1-20-24(31)7-5-9-29(20)40(36,37)34-27-17-23-6-3-4-8-26(23)33-30(27)39-19-22-10-11-25(32)28(16-22)38-18-21-12-14-35(2)15-13-21/h5,7,9-11,16-17,21,34H,3-4,6,8,12-15,18-19H2,1-2H3. The SMILES string of the molecule is Cc1c(Cl)cccc1S(=O)(=O)Nc1cc2c(nc1OCc1ccc(Cl)c(OCC3CCN(C)CC3)c1)CCCC2. The van der Waals surface area contributed by atoms with Gasteiger partial charge in [0.15, 0.2) is 0 Å². The molecule has 1 N–H and O–H groups in total. The Morgan fingerprint density at radius 1 is 1.02 bits per heavy atom. The summed E-state index contributed by atoms with van der Waals surface area (Å²) >= 11 is 12.7. The van der Waals surface area contributed by atoms with Crippen LogP contribution in [0, 0.1) is 12.8 Å². The Hall–Kier alpha value is -2.52.